The van der Waals surface area contributed by atoms with Crippen LogP contribution in [0, 0.1) is 13.8 Å². The average Bonchev–Trinajstić information content (AvgIpc) is 3.08. The molecule has 0 radical (unpaired) electrons. The number of pyridine rings is 1. The van der Waals surface area contributed by atoms with Crippen molar-refractivity contribution in [2.45, 2.75) is 20.0 Å². The molecule has 24 heavy (non-hydrogen) atoms. The molecule has 0 bridgehead atoms. The fourth-order valence-electron chi connectivity index (χ4n) is 3.04. The summed E-state index contributed by atoms with van der Waals surface area (Å²) in [5.74, 6) is 0. The molecule has 0 aliphatic carbocycles. The van der Waals surface area contributed by atoms with Crippen LogP contribution < -0.4 is 0 Å². The fourth-order valence-corrected chi connectivity index (χ4v) is 3.04. The van der Waals surface area contributed by atoms with Gasteiger partial charge in [-0.2, -0.15) is 18.3 Å². The minimum Gasteiger partial charge on any atom is -0.299 e. The maximum Gasteiger partial charge on any atom is 0.433 e. The van der Waals surface area contributed by atoms with Gasteiger partial charge in [-0.1, -0.05) is 0 Å². The fraction of sp³-hybridized carbons (Fsp3) is 0.176. The van der Waals surface area contributed by atoms with Gasteiger partial charge in [0.25, 0.3) is 0 Å². The highest BCUT2D eigenvalue weighted by Gasteiger charge is 2.33. The molecule has 0 amide bonds. The van der Waals surface area contributed by atoms with Crippen LogP contribution in [-0.2, 0) is 6.18 Å². The number of aromatic amines is 1. The maximum atomic E-state index is 13.0. The molecule has 4 aromatic rings. The zero-order valence-electron chi connectivity index (χ0n) is 12.9. The zero-order chi connectivity index (χ0) is 17.1. The largest absolute Gasteiger partial charge is 0.433 e. The number of fused-ring (bicyclic) bond motifs is 2. The summed E-state index contributed by atoms with van der Waals surface area (Å²) in [4.78, 5) is 3.86. The van der Waals surface area contributed by atoms with Crippen molar-refractivity contribution in [2.24, 2.45) is 0 Å². The normalized spacial score (nSPS) is 12.4. The Morgan fingerprint density at radius 2 is 1.83 bits per heavy atom. The van der Waals surface area contributed by atoms with E-state index in [1.54, 1.807) is 10.8 Å². The Kier molecular flexibility index (Phi) is 2.97. The van der Waals surface area contributed by atoms with Crippen LogP contribution in [0.2, 0.25) is 0 Å². The Labute approximate surface area is 134 Å². The number of hydrogen-bond acceptors (Lipinski definition) is 2. The summed E-state index contributed by atoms with van der Waals surface area (Å²) in [6, 6.07) is 8.10. The van der Waals surface area contributed by atoms with Gasteiger partial charge in [0.2, 0.25) is 0 Å². The van der Waals surface area contributed by atoms with E-state index in [2.05, 4.69) is 15.2 Å². The van der Waals surface area contributed by atoms with Gasteiger partial charge in [-0.25, -0.2) is 4.98 Å². The molecule has 4 nitrogen and oxygen atoms in total. The zero-order valence-corrected chi connectivity index (χ0v) is 12.9. The van der Waals surface area contributed by atoms with Gasteiger partial charge < -0.3 is 0 Å². The molecule has 0 saturated heterocycles. The number of hydrogen-bond donors (Lipinski definition) is 1. The monoisotopic (exact) mass is 330 g/mol. The van der Waals surface area contributed by atoms with Crippen LogP contribution in [0.3, 0.4) is 0 Å². The first-order chi connectivity index (χ1) is 11.3. The van der Waals surface area contributed by atoms with Crippen molar-refractivity contribution in [3.8, 4) is 5.69 Å². The van der Waals surface area contributed by atoms with Crippen molar-refractivity contribution < 1.29 is 13.2 Å². The van der Waals surface area contributed by atoms with E-state index < -0.39 is 11.9 Å². The third-order valence-corrected chi connectivity index (χ3v) is 4.11. The van der Waals surface area contributed by atoms with E-state index in [9.17, 15) is 13.2 Å². The first kappa shape index (κ1) is 14.7. The molecular formula is C17H13F3N4. The molecule has 3 aromatic heterocycles. The number of rotatable bonds is 1. The Hall–Kier alpha value is -2.83. The molecular weight excluding hydrogens is 317 g/mol. The number of nitrogens with one attached hydrogen (secondary N) is 1. The van der Waals surface area contributed by atoms with Gasteiger partial charge in [-0.05, 0) is 49.7 Å². The van der Waals surface area contributed by atoms with E-state index in [-0.39, 0.29) is 0 Å². The molecule has 7 heteroatoms. The van der Waals surface area contributed by atoms with Crippen LogP contribution in [0.25, 0.3) is 27.6 Å². The summed E-state index contributed by atoms with van der Waals surface area (Å²) in [6.45, 7) is 3.78. The van der Waals surface area contributed by atoms with Gasteiger partial charge in [0.15, 0.2) is 0 Å². The molecule has 0 atom stereocenters. The van der Waals surface area contributed by atoms with E-state index in [1.807, 2.05) is 32.0 Å². The number of H-pyrrole nitrogens is 1. The summed E-state index contributed by atoms with van der Waals surface area (Å²) < 4.78 is 40.8. The molecule has 0 saturated carbocycles. The minimum atomic E-state index is -4.47. The predicted octanol–water partition coefficient (Wildman–Crippen LogP) is 4.54. The first-order valence-electron chi connectivity index (χ1n) is 7.35. The summed E-state index contributed by atoms with van der Waals surface area (Å²) in [5, 5.41) is 8.51. The van der Waals surface area contributed by atoms with Gasteiger partial charge >= 0.3 is 6.18 Å². The lowest BCUT2D eigenvalue weighted by atomic mass is 10.1. The van der Waals surface area contributed by atoms with Crippen LogP contribution in [-0.4, -0.2) is 19.7 Å². The average molecular weight is 330 g/mol. The predicted molar refractivity (Wildman–Crippen MR) is 85.2 cm³/mol. The smallest absolute Gasteiger partial charge is 0.299 e. The topological polar surface area (TPSA) is 46.5 Å². The van der Waals surface area contributed by atoms with Crippen molar-refractivity contribution in [2.75, 3.05) is 0 Å². The van der Waals surface area contributed by atoms with Crippen LogP contribution >= 0.6 is 0 Å². The third kappa shape index (κ3) is 2.16. The number of benzene rings is 1. The highest BCUT2D eigenvalue weighted by Crippen LogP contribution is 2.31. The Morgan fingerprint density at radius 3 is 2.58 bits per heavy atom. The van der Waals surface area contributed by atoms with Crippen molar-refractivity contribution in [1.82, 2.24) is 19.7 Å². The summed E-state index contributed by atoms with van der Waals surface area (Å²) in [6.07, 6.45) is -2.77. The van der Waals surface area contributed by atoms with Crippen LogP contribution in [0.1, 0.15) is 17.0 Å². The Balaban J connectivity index is 2.02. The summed E-state index contributed by atoms with van der Waals surface area (Å²) >= 11 is 0. The van der Waals surface area contributed by atoms with E-state index in [4.69, 9.17) is 0 Å². The second-order valence-electron chi connectivity index (χ2n) is 5.83. The van der Waals surface area contributed by atoms with E-state index in [0.717, 1.165) is 33.9 Å². The molecule has 4 rings (SSSR count). The molecule has 0 unspecified atom stereocenters. The Morgan fingerprint density at radius 1 is 1.04 bits per heavy atom. The molecule has 122 valence electrons. The second kappa shape index (κ2) is 4.83. The summed E-state index contributed by atoms with van der Waals surface area (Å²) in [7, 11) is 0. The van der Waals surface area contributed by atoms with E-state index >= 15 is 0 Å². The highest BCUT2D eigenvalue weighted by molar-refractivity contribution is 5.86. The molecule has 0 fully saturated rings. The van der Waals surface area contributed by atoms with Crippen LogP contribution in [0.15, 0.2) is 36.5 Å². The SMILES string of the molecule is Cc1cc(-n2c(C)cc3ccc(C(F)(F)F)nc32)cc2cn[nH]c12. The quantitative estimate of drug-likeness (QED) is 0.557. The van der Waals surface area contributed by atoms with Gasteiger partial charge in [0.05, 0.1) is 11.7 Å². The summed E-state index contributed by atoms with van der Waals surface area (Å²) in [5.41, 5.74) is 2.87. The lowest BCUT2D eigenvalue weighted by molar-refractivity contribution is -0.141. The van der Waals surface area contributed by atoms with E-state index in [1.165, 1.54) is 6.07 Å². The Bertz CT molecular complexity index is 1070. The number of aromatic nitrogens is 4. The minimum absolute atomic E-state index is 0.296. The molecule has 0 aliphatic heterocycles. The number of alkyl halides is 3. The van der Waals surface area contributed by atoms with Crippen LogP contribution in [0.4, 0.5) is 13.2 Å². The van der Waals surface area contributed by atoms with Crippen molar-refractivity contribution in [3.05, 3.63) is 53.5 Å². The lowest BCUT2D eigenvalue weighted by Gasteiger charge is -2.11. The maximum absolute atomic E-state index is 13.0. The number of halogens is 3. The van der Waals surface area contributed by atoms with Crippen molar-refractivity contribution in [1.29, 1.82) is 0 Å². The highest BCUT2D eigenvalue weighted by atomic mass is 19.4. The molecule has 0 spiro atoms. The van der Waals surface area contributed by atoms with Gasteiger partial charge in [0.1, 0.15) is 11.3 Å². The second-order valence-corrected chi connectivity index (χ2v) is 5.83. The van der Waals surface area contributed by atoms with Gasteiger partial charge in [0, 0.05) is 22.2 Å². The number of aryl methyl sites for hydroxylation is 2. The van der Waals surface area contributed by atoms with Crippen molar-refractivity contribution in [3.63, 3.8) is 0 Å². The first-order valence-corrected chi connectivity index (χ1v) is 7.35. The molecule has 1 aromatic carbocycles. The molecule has 0 aliphatic rings. The van der Waals surface area contributed by atoms with Crippen LogP contribution in [0.5, 0.6) is 0 Å². The molecule has 3 heterocycles. The van der Waals surface area contributed by atoms with Gasteiger partial charge in [-0.3, -0.25) is 9.67 Å². The third-order valence-electron chi connectivity index (χ3n) is 4.11. The van der Waals surface area contributed by atoms with Crippen molar-refractivity contribution >= 4 is 21.9 Å². The lowest BCUT2D eigenvalue weighted by Crippen LogP contribution is -2.09. The number of nitrogens with zero attached hydrogens (tertiary/aromatic N) is 3. The molecule has 1 N–H and O–H groups in total. The standard InChI is InChI=1S/C17H13F3N4/c1-9-5-13(7-12-8-21-23-15(9)12)24-10(2)6-11-3-4-14(17(18,19)20)22-16(11)24/h3-8H,1-2H3,(H,21,23). The van der Waals surface area contributed by atoms with Gasteiger partial charge in [-0.15, -0.1) is 0 Å². The van der Waals surface area contributed by atoms with E-state index in [0.29, 0.717) is 11.0 Å².